The molecule has 1 unspecified atom stereocenters. The second kappa shape index (κ2) is 9.14. The molecular weight excluding hydrogens is 420 g/mol. The zero-order valence-corrected chi connectivity index (χ0v) is 18.8. The van der Waals surface area contributed by atoms with Crippen LogP contribution in [0.5, 0.6) is 17.2 Å². The van der Waals surface area contributed by atoms with Gasteiger partial charge in [0.2, 0.25) is 0 Å². The number of nitrogens with two attached hydrogens (primary N) is 1. The Labute approximate surface area is 191 Å². The van der Waals surface area contributed by atoms with Gasteiger partial charge in [0.25, 0.3) is 0 Å². The number of fused-ring (bicyclic) bond motifs is 1. The first-order chi connectivity index (χ1) is 15.6. The number of imidazole rings is 1. The first-order valence-electron chi connectivity index (χ1n) is 10.7. The maximum absolute atomic E-state index is 6.02. The van der Waals surface area contributed by atoms with Crippen molar-refractivity contribution < 1.29 is 9.47 Å². The van der Waals surface area contributed by atoms with E-state index in [1.807, 2.05) is 78.0 Å². The van der Waals surface area contributed by atoms with Crippen molar-refractivity contribution in [1.82, 2.24) is 14.9 Å². The molecule has 32 heavy (non-hydrogen) atoms. The van der Waals surface area contributed by atoms with Crippen LogP contribution in [0.1, 0.15) is 11.4 Å². The summed E-state index contributed by atoms with van der Waals surface area (Å²) in [6, 6.07) is 21.7. The standard InChI is InChI=1S/C25H26N4O2S/c1-29-24-13-21(31-20-8-4-18(26)5-9-20)10-11-23(24)28-25(29)15-30-19-6-2-17(3-7-19)12-22-14-27-16-32-22/h2-11,13,22,27H,12,14-16,26H2,1H3. The number of thioether (sulfide) groups is 1. The van der Waals surface area contributed by atoms with E-state index in [9.17, 15) is 0 Å². The van der Waals surface area contributed by atoms with Crippen LogP contribution in [0.2, 0.25) is 0 Å². The average Bonchev–Trinajstić information content (AvgIpc) is 3.43. The molecule has 1 saturated heterocycles. The van der Waals surface area contributed by atoms with Crippen LogP contribution in [0.4, 0.5) is 5.69 Å². The lowest BCUT2D eigenvalue weighted by molar-refractivity contribution is 0.292. The number of ether oxygens (including phenoxy) is 2. The lowest BCUT2D eigenvalue weighted by Gasteiger charge is -2.10. The Morgan fingerprint density at radius 1 is 1.03 bits per heavy atom. The van der Waals surface area contributed by atoms with E-state index in [-0.39, 0.29) is 0 Å². The fraction of sp³-hybridized carbons (Fsp3) is 0.240. The van der Waals surface area contributed by atoms with Crippen molar-refractivity contribution in [1.29, 1.82) is 0 Å². The van der Waals surface area contributed by atoms with Crippen LogP contribution in [-0.4, -0.2) is 27.2 Å². The molecule has 0 amide bonds. The van der Waals surface area contributed by atoms with Crippen LogP contribution in [0, 0.1) is 0 Å². The number of nitrogen functional groups attached to an aromatic ring is 1. The van der Waals surface area contributed by atoms with Gasteiger partial charge >= 0.3 is 0 Å². The molecule has 1 aliphatic rings. The number of rotatable bonds is 7. The molecule has 0 bridgehead atoms. The minimum Gasteiger partial charge on any atom is -0.486 e. The molecule has 1 fully saturated rings. The van der Waals surface area contributed by atoms with Gasteiger partial charge in [0.1, 0.15) is 29.7 Å². The van der Waals surface area contributed by atoms with Gasteiger partial charge in [0.05, 0.1) is 11.0 Å². The molecule has 0 radical (unpaired) electrons. The number of benzene rings is 3. The number of nitrogens with zero attached hydrogens (tertiary/aromatic N) is 2. The van der Waals surface area contributed by atoms with E-state index in [2.05, 4.69) is 17.4 Å². The third-order valence-corrected chi connectivity index (χ3v) is 6.78. The quantitative estimate of drug-likeness (QED) is 0.400. The summed E-state index contributed by atoms with van der Waals surface area (Å²) in [5, 5.41) is 4.06. The Hall–Kier alpha value is -3.16. The molecule has 0 aliphatic carbocycles. The summed E-state index contributed by atoms with van der Waals surface area (Å²) in [4.78, 5) is 4.73. The lowest BCUT2D eigenvalue weighted by Crippen LogP contribution is -2.14. The molecule has 4 aromatic rings. The van der Waals surface area contributed by atoms with Gasteiger partial charge < -0.3 is 25.1 Å². The highest BCUT2D eigenvalue weighted by Gasteiger charge is 2.15. The molecule has 3 N–H and O–H groups in total. The van der Waals surface area contributed by atoms with E-state index in [1.165, 1.54) is 5.56 Å². The molecule has 164 valence electrons. The maximum atomic E-state index is 6.02. The van der Waals surface area contributed by atoms with Crippen molar-refractivity contribution in [3.8, 4) is 17.2 Å². The highest BCUT2D eigenvalue weighted by molar-refractivity contribution is 8.00. The summed E-state index contributed by atoms with van der Waals surface area (Å²) in [6.07, 6.45) is 1.09. The monoisotopic (exact) mass is 446 g/mol. The van der Waals surface area contributed by atoms with Crippen molar-refractivity contribution >= 4 is 28.5 Å². The first kappa shape index (κ1) is 20.7. The predicted octanol–water partition coefficient (Wildman–Crippen LogP) is 4.73. The summed E-state index contributed by atoms with van der Waals surface area (Å²) < 4.78 is 14.0. The summed E-state index contributed by atoms with van der Waals surface area (Å²) in [7, 11) is 2.00. The number of hydrogen-bond acceptors (Lipinski definition) is 6. The van der Waals surface area contributed by atoms with Crippen LogP contribution in [-0.2, 0) is 20.1 Å². The Bertz CT molecular complexity index is 1200. The minimum atomic E-state index is 0.404. The average molecular weight is 447 g/mol. The largest absolute Gasteiger partial charge is 0.486 e. The molecule has 3 aromatic carbocycles. The molecular formula is C25H26N4O2S. The van der Waals surface area contributed by atoms with Crippen LogP contribution in [0.3, 0.4) is 0 Å². The van der Waals surface area contributed by atoms with E-state index in [4.69, 9.17) is 20.2 Å². The number of aromatic nitrogens is 2. The van der Waals surface area contributed by atoms with Crippen LogP contribution in [0.15, 0.2) is 66.7 Å². The Morgan fingerprint density at radius 3 is 2.53 bits per heavy atom. The highest BCUT2D eigenvalue weighted by atomic mass is 32.2. The van der Waals surface area contributed by atoms with Crippen molar-refractivity contribution in [2.75, 3.05) is 18.2 Å². The van der Waals surface area contributed by atoms with Crippen molar-refractivity contribution in [2.45, 2.75) is 18.3 Å². The topological polar surface area (TPSA) is 74.3 Å². The Balaban J connectivity index is 1.25. The van der Waals surface area contributed by atoms with Gasteiger partial charge in [-0.3, -0.25) is 0 Å². The van der Waals surface area contributed by atoms with Gasteiger partial charge in [-0.25, -0.2) is 4.98 Å². The second-order valence-corrected chi connectivity index (χ2v) is 9.22. The predicted molar refractivity (Wildman–Crippen MR) is 130 cm³/mol. The molecule has 1 aliphatic heterocycles. The van der Waals surface area contributed by atoms with Crippen LogP contribution in [0.25, 0.3) is 11.0 Å². The van der Waals surface area contributed by atoms with Crippen molar-refractivity contribution in [3.05, 3.63) is 78.1 Å². The van der Waals surface area contributed by atoms with Gasteiger partial charge in [-0.2, -0.15) is 0 Å². The third kappa shape index (κ3) is 4.69. The zero-order valence-electron chi connectivity index (χ0n) is 18.0. The fourth-order valence-corrected chi connectivity index (χ4v) is 4.82. The van der Waals surface area contributed by atoms with E-state index in [1.54, 1.807) is 0 Å². The SMILES string of the molecule is Cn1c(COc2ccc(CC3CNCS3)cc2)nc2ccc(Oc3ccc(N)cc3)cc21. The normalized spacial score (nSPS) is 15.8. The van der Waals surface area contributed by atoms with Crippen molar-refractivity contribution in [2.24, 2.45) is 7.05 Å². The Kier molecular flexibility index (Phi) is 5.92. The van der Waals surface area contributed by atoms with Crippen LogP contribution < -0.4 is 20.5 Å². The molecule has 0 saturated carbocycles. The summed E-state index contributed by atoms with van der Waals surface area (Å²) >= 11 is 1.99. The zero-order chi connectivity index (χ0) is 21.9. The Morgan fingerprint density at radius 2 is 1.78 bits per heavy atom. The van der Waals surface area contributed by atoms with Gasteiger partial charge in [0, 0.05) is 36.5 Å². The highest BCUT2D eigenvalue weighted by Crippen LogP contribution is 2.27. The molecule has 1 atom stereocenters. The molecule has 5 rings (SSSR count). The van der Waals surface area contributed by atoms with Gasteiger partial charge in [-0.05, 0) is 60.5 Å². The smallest absolute Gasteiger partial charge is 0.147 e. The summed E-state index contributed by atoms with van der Waals surface area (Å²) in [5.74, 6) is 4.27. The lowest BCUT2D eigenvalue weighted by atomic mass is 10.1. The number of aryl methyl sites for hydroxylation is 1. The minimum absolute atomic E-state index is 0.404. The van der Waals surface area contributed by atoms with Gasteiger partial charge in [-0.15, -0.1) is 11.8 Å². The van der Waals surface area contributed by atoms with E-state index < -0.39 is 0 Å². The fourth-order valence-electron chi connectivity index (χ4n) is 3.80. The molecule has 1 aromatic heterocycles. The van der Waals surface area contributed by atoms with E-state index >= 15 is 0 Å². The second-order valence-electron chi connectivity index (χ2n) is 7.93. The summed E-state index contributed by atoms with van der Waals surface area (Å²) in [6.45, 7) is 1.49. The third-order valence-electron chi connectivity index (χ3n) is 5.61. The number of anilines is 1. The summed E-state index contributed by atoms with van der Waals surface area (Å²) in [5.41, 5.74) is 9.71. The van der Waals surface area contributed by atoms with Crippen LogP contribution >= 0.6 is 11.8 Å². The first-order valence-corrected chi connectivity index (χ1v) is 11.7. The molecule has 6 nitrogen and oxygen atoms in total. The number of nitrogens with one attached hydrogen (secondary N) is 1. The molecule has 2 heterocycles. The van der Waals surface area contributed by atoms with Gasteiger partial charge in [-0.1, -0.05) is 12.1 Å². The van der Waals surface area contributed by atoms with E-state index in [0.717, 1.165) is 52.9 Å². The maximum Gasteiger partial charge on any atom is 0.147 e. The molecule has 0 spiro atoms. The molecule has 7 heteroatoms. The number of hydrogen-bond donors (Lipinski definition) is 2. The van der Waals surface area contributed by atoms with E-state index in [0.29, 0.717) is 17.5 Å². The van der Waals surface area contributed by atoms with Gasteiger partial charge in [0.15, 0.2) is 0 Å². The van der Waals surface area contributed by atoms with Crippen molar-refractivity contribution in [3.63, 3.8) is 0 Å².